The van der Waals surface area contributed by atoms with Gasteiger partial charge in [-0.1, -0.05) is 13.8 Å². The Morgan fingerprint density at radius 2 is 2.10 bits per heavy atom. The quantitative estimate of drug-likeness (QED) is 0.695. The molecular weight excluding hydrogens is 256 g/mol. The zero-order chi connectivity index (χ0) is 15.0. The summed E-state index contributed by atoms with van der Waals surface area (Å²) in [6.45, 7) is 7.83. The number of likely N-dealkylation sites (tertiary alicyclic amines) is 1. The molecule has 0 aliphatic carbocycles. The molecule has 0 radical (unpaired) electrons. The van der Waals surface area contributed by atoms with Crippen molar-refractivity contribution >= 4 is 5.91 Å². The zero-order valence-electron chi connectivity index (χ0n) is 13.1. The third-order valence-corrected chi connectivity index (χ3v) is 4.06. The Morgan fingerprint density at radius 3 is 2.70 bits per heavy atom. The van der Waals surface area contributed by atoms with Crippen molar-refractivity contribution in [2.45, 2.75) is 39.2 Å². The van der Waals surface area contributed by atoms with Gasteiger partial charge in [0.2, 0.25) is 5.91 Å². The number of methoxy groups -OCH3 is 1. The Bertz CT molecular complexity index is 278. The van der Waals surface area contributed by atoms with Crippen LogP contribution in [0.3, 0.4) is 0 Å². The summed E-state index contributed by atoms with van der Waals surface area (Å²) < 4.78 is 4.96. The van der Waals surface area contributed by atoms with E-state index < -0.39 is 6.10 Å². The van der Waals surface area contributed by atoms with Crippen LogP contribution >= 0.6 is 0 Å². The predicted octanol–water partition coefficient (Wildman–Crippen LogP) is 0.868. The number of carbonyl (C=O) groups is 1. The van der Waals surface area contributed by atoms with Crippen LogP contribution in [0.5, 0.6) is 0 Å². The van der Waals surface area contributed by atoms with E-state index in [2.05, 4.69) is 17.1 Å². The number of nitrogens with zero attached hydrogens (tertiary/aromatic N) is 1. The molecule has 118 valence electrons. The highest BCUT2D eigenvalue weighted by Gasteiger charge is 2.19. The van der Waals surface area contributed by atoms with Crippen molar-refractivity contribution in [3.05, 3.63) is 0 Å². The maximum Gasteiger partial charge on any atom is 0.223 e. The monoisotopic (exact) mass is 286 g/mol. The fourth-order valence-electron chi connectivity index (χ4n) is 2.43. The van der Waals surface area contributed by atoms with Gasteiger partial charge in [-0.05, 0) is 38.3 Å². The van der Waals surface area contributed by atoms with E-state index >= 15 is 0 Å². The van der Waals surface area contributed by atoms with E-state index in [-0.39, 0.29) is 11.8 Å². The maximum absolute atomic E-state index is 11.8. The van der Waals surface area contributed by atoms with Crippen molar-refractivity contribution in [1.29, 1.82) is 0 Å². The molecule has 0 aromatic heterocycles. The number of amides is 1. The molecule has 1 heterocycles. The van der Waals surface area contributed by atoms with Crippen LogP contribution in [0.1, 0.15) is 33.1 Å². The molecular formula is C15H30N2O3. The average molecular weight is 286 g/mol. The van der Waals surface area contributed by atoms with Gasteiger partial charge in [0.15, 0.2) is 0 Å². The van der Waals surface area contributed by atoms with Crippen molar-refractivity contribution < 1.29 is 14.6 Å². The summed E-state index contributed by atoms with van der Waals surface area (Å²) in [5.74, 6) is 0.719. The third-order valence-electron chi connectivity index (χ3n) is 4.06. The van der Waals surface area contributed by atoms with Crippen LogP contribution in [0.25, 0.3) is 0 Å². The topological polar surface area (TPSA) is 61.8 Å². The molecule has 0 bridgehead atoms. The van der Waals surface area contributed by atoms with Gasteiger partial charge in [0.1, 0.15) is 0 Å². The predicted molar refractivity (Wildman–Crippen MR) is 79.5 cm³/mol. The molecule has 1 aliphatic rings. The van der Waals surface area contributed by atoms with Crippen LogP contribution < -0.4 is 5.32 Å². The highest BCUT2D eigenvalue weighted by molar-refractivity contribution is 5.78. The maximum atomic E-state index is 11.8. The first kappa shape index (κ1) is 17.4. The molecule has 1 rings (SSSR count). The Morgan fingerprint density at radius 1 is 1.45 bits per heavy atom. The Labute approximate surface area is 122 Å². The minimum atomic E-state index is -0.484. The molecule has 0 aromatic carbocycles. The van der Waals surface area contributed by atoms with Crippen LogP contribution in [-0.4, -0.2) is 61.9 Å². The summed E-state index contributed by atoms with van der Waals surface area (Å²) in [4.78, 5) is 14.1. The summed E-state index contributed by atoms with van der Waals surface area (Å²) in [6, 6.07) is 0. The van der Waals surface area contributed by atoms with Gasteiger partial charge in [-0.2, -0.15) is 0 Å². The fraction of sp³-hybridized carbons (Fsp3) is 0.933. The number of carbonyl (C=O) groups excluding carboxylic acids is 1. The number of β-amino-alcohol motifs (C(OH)–C–C–N with tert-alkyl or cyclic N) is 1. The highest BCUT2D eigenvalue weighted by atomic mass is 16.5. The van der Waals surface area contributed by atoms with Crippen LogP contribution in [-0.2, 0) is 9.53 Å². The van der Waals surface area contributed by atoms with Crippen LogP contribution in [0.2, 0.25) is 0 Å². The molecule has 5 nitrogen and oxygen atoms in total. The lowest BCUT2D eigenvalue weighted by Crippen LogP contribution is -2.43. The Balaban J connectivity index is 2.15. The van der Waals surface area contributed by atoms with Crippen molar-refractivity contribution in [2.24, 2.45) is 11.8 Å². The zero-order valence-corrected chi connectivity index (χ0v) is 13.1. The van der Waals surface area contributed by atoms with E-state index in [9.17, 15) is 9.90 Å². The van der Waals surface area contributed by atoms with Gasteiger partial charge in [0.05, 0.1) is 6.10 Å². The van der Waals surface area contributed by atoms with E-state index in [4.69, 9.17) is 4.74 Å². The van der Waals surface area contributed by atoms with Crippen LogP contribution in [0.4, 0.5) is 0 Å². The molecule has 1 saturated heterocycles. The van der Waals surface area contributed by atoms with Gasteiger partial charge in [0, 0.05) is 32.7 Å². The van der Waals surface area contributed by atoms with Crippen molar-refractivity contribution in [2.75, 3.05) is 39.9 Å². The lowest BCUT2D eigenvalue weighted by molar-refractivity contribution is -0.125. The summed E-state index contributed by atoms with van der Waals surface area (Å²) in [6.07, 6.45) is 2.63. The summed E-state index contributed by atoms with van der Waals surface area (Å²) in [5, 5.41) is 12.8. The van der Waals surface area contributed by atoms with Gasteiger partial charge < -0.3 is 20.1 Å². The first-order chi connectivity index (χ1) is 9.52. The van der Waals surface area contributed by atoms with Gasteiger partial charge in [-0.25, -0.2) is 0 Å². The molecule has 0 aromatic rings. The molecule has 2 atom stereocenters. The van der Waals surface area contributed by atoms with Crippen molar-refractivity contribution in [3.63, 3.8) is 0 Å². The molecule has 1 aliphatic heterocycles. The first-order valence-electron chi connectivity index (χ1n) is 7.70. The molecule has 1 amide bonds. The number of rotatable bonds is 8. The normalized spacial score (nSPS) is 20.6. The summed E-state index contributed by atoms with van der Waals surface area (Å²) in [5.41, 5.74) is 0. The second kappa shape index (κ2) is 9.32. The average Bonchev–Trinajstić information content (AvgIpc) is 2.44. The Hall–Kier alpha value is -0.650. The van der Waals surface area contributed by atoms with Crippen LogP contribution in [0, 0.1) is 11.8 Å². The fourth-order valence-corrected chi connectivity index (χ4v) is 2.43. The smallest absolute Gasteiger partial charge is 0.223 e. The molecule has 2 N–H and O–H groups in total. The van der Waals surface area contributed by atoms with E-state index in [1.807, 2.05) is 6.92 Å². The second-order valence-corrected chi connectivity index (χ2v) is 6.06. The highest BCUT2D eigenvalue weighted by Crippen LogP contribution is 2.15. The molecule has 0 saturated carbocycles. The van der Waals surface area contributed by atoms with Crippen LogP contribution in [0.15, 0.2) is 0 Å². The van der Waals surface area contributed by atoms with E-state index in [0.29, 0.717) is 26.1 Å². The minimum absolute atomic E-state index is 0.00614. The number of piperidine rings is 1. The van der Waals surface area contributed by atoms with Gasteiger partial charge in [-0.15, -0.1) is 0 Å². The molecule has 20 heavy (non-hydrogen) atoms. The van der Waals surface area contributed by atoms with E-state index in [1.54, 1.807) is 7.11 Å². The van der Waals surface area contributed by atoms with E-state index in [1.165, 1.54) is 12.8 Å². The van der Waals surface area contributed by atoms with Gasteiger partial charge >= 0.3 is 0 Å². The minimum Gasteiger partial charge on any atom is -0.390 e. The molecule has 2 unspecified atom stereocenters. The molecule has 5 heteroatoms. The standard InChI is InChI=1S/C15H30N2O3/c1-12-4-7-17(8-5-12)11-14(18)10-16-15(19)13(2)6-9-20-3/h12-14,18H,4-11H2,1-3H3,(H,16,19). The third kappa shape index (κ3) is 6.68. The van der Waals surface area contributed by atoms with Crippen molar-refractivity contribution in [3.8, 4) is 0 Å². The molecule has 1 fully saturated rings. The summed E-state index contributed by atoms with van der Waals surface area (Å²) in [7, 11) is 1.63. The number of nitrogens with one attached hydrogen (secondary N) is 1. The van der Waals surface area contributed by atoms with Gasteiger partial charge in [0.25, 0.3) is 0 Å². The largest absolute Gasteiger partial charge is 0.390 e. The Kier molecular flexibility index (Phi) is 8.11. The van der Waals surface area contributed by atoms with Crippen molar-refractivity contribution in [1.82, 2.24) is 10.2 Å². The molecule has 0 spiro atoms. The van der Waals surface area contributed by atoms with E-state index in [0.717, 1.165) is 19.0 Å². The number of aliphatic hydroxyl groups excluding tert-OH is 1. The summed E-state index contributed by atoms with van der Waals surface area (Å²) >= 11 is 0. The number of hydrogen-bond acceptors (Lipinski definition) is 4. The lowest BCUT2D eigenvalue weighted by Gasteiger charge is -2.31. The number of ether oxygens (including phenoxy) is 1. The number of hydrogen-bond donors (Lipinski definition) is 2. The first-order valence-corrected chi connectivity index (χ1v) is 7.70. The SMILES string of the molecule is COCCC(C)C(=O)NCC(O)CN1CCC(C)CC1. The van der Waals surface area contributed by atoms with Gasteiger partial charge in [-0.3, -0.25) is 4.79 Å². The second-order valence-electron chi connectivity index (χ2n) is 6.06. The number of aliphatic hydroxyl groups is 1. The lowest BCUT2D eigenvalue weighted by atomic mass is 9.99.